The van der Waals surface area contributed by atoms with Gasteiger partial charge in [0.15, 0.2) is 0 Å². The molecule has 2 N–H and O–H groups in total. The van der Waals surface area contributed by atoms with E-state index in [2.05, 4.69) is 24.9 Å². The highest BCUT2D eigenvalue weighted by Gasteiger charge is 2.27. The zero-order valence-corrected chi connectivity index (χ0v) is 13.9. The Bertz CT molecular complexity index is 406. The number of nitrogens with zero attached hydrogens (tertiary/aromatic N) is 1. The first-order valence-corrected chi connectivity index (χ1v) is 8.60. The van der Waals surface area contributed by atoms with Gasteiger partial charge in [0.25, 0.3) is 0 Å². The summed E-state index contributed by atoms with van der Waals surface area (Å²) in [6.45, 7) is 5.02. The van der Waals surface area contributed by atoms with E-state index in [0.29, 0.717) is 0 Å². The van der Waals surface area contributed by atoms with Crippen molar-refractivity contribution in [3.05, 3.63) is 21.3 Å². The fraction of sp³-hybridized carbons (Fsp3) is 0.733. The third kappa shape index (κ3) is 4.18. The van der Waals surface area contributed by atoms with Gasteiger partial charge in [-0.15, -0.1) is 11.3 Å². The van der Waals surface area contributed by atoms with Crippen molar-refractivity contribution in [3.8, 4) is 0 Å². The third-order valence-electron chi connectivity index (χ3n) is 4.12. The molecule has 0 bridgehead atoms. The van der Waals surface area contributed by atoms with E-state index in [1.165, 1.54) is 4.88 Å². The van der Waals surface area contributed by atoms with Crippen molar-refractivity contribution in [3.63, 3.8) is 0 Å². The summed E-state index contributed by atoms with van der Waals surface area (Å²) in [6.07, 6.45) is 3.28. The quantitative estimate of drug-likeness (QED) is 0.872. The number of rotatable bonds is 6. The molecule has 2 rings (SSSR count). The topological polar surface area (TPSA) is 38.5 Å². The Balaban J connectivity index is 2.05. The van der Waals surface area contributed by atoms with Crippen LogP contribution in [0.4, 0.5) is 0 Å². The molecule has 5 heteroatoms. The lowest BCUT2D eigenvalue weighted by Crippen LogP contribution is -2.41. The first-order chi connectivity index (χ1) is 9.61. The van der Waals surface area contributed by atoms with Crippen LogP contribution in [0.15, 0.2) is 12.1 Å². The third-order valence-corrected chi connectivity index (χ3v) is 5.43. The van der Waals surface area contributed by atoms with Gasteiger partial charge < -0.3 is 10.5 Å². The molecule has 0 aliphatic carbocycles. The van der Waals surface area contributed by atoms with Gasteiger partial charge >= 0.3 is 0 Å². The average molecular weight is 317 g/mol. The van der Waals surface area contributed by atoms with Crippen molar-refractivity contribution >= 4 is 22.9 Å². The Kier molecular flexibility index (Phi) is 6.30. The number of hydrogen-bond donors (Lipinski definition) is 1. The van der Waals surface area contributed by atoms with E-state index in [1.807, 2.05) is 6.07 Å². The van der Waals surface area contributed by atoms with Gasteiger partial charge in [0.2, 0.25) is 0 Å². The molecule has 1 saturated heterocycles. The molecule has 2 unspecified atom stereocenters. The lowest BCUT2D eigenvalue weighted by atomic mass is 9.97. The maximum atomic E-state index is 6.36. The van der Waals surface area contributed by atoms with E-state index in [4.69, 9.17) is 22.1 Å². The van der Waals surface area contributed by atoms with E-state index >= 15 is 0 Å². The van der Waals surface area contributed by atoms with Gasteiger partial charge in [-0.3, -0.25) is 4.90 Å². The highest BCUT2D eigenvalue weighted by Crippen LogP contribution is 2.33. The van der Waals surface area contributed by atoms with Gasteiger partial charge in [0, 0.05) is 30.7 Å². The number of likely N-dealkylation sites (N-methyl/N-ethyl adjacent to an activating group) is 1. The average Bonchev–Trinajstić information content (AvgIpc) is 2.86. The minimum absolute atomic E-state index is 0.148. The fourth-order valence-corrected chi connectivity index (χ4v) is 4.22. The summed E-state index contributed by atoms with van der Waals surface area (Å²) in [6, 6.07) is 4.50. The summed E-state index contributed by atoms with van der Waals surface area (Å²) >= 11 is 7.74. The van der Waals surface area contributed by atoms with Crippen molar-refractivity contribution < 1.29 is 4.74 Å². The van der Waals surface area contributed by atoms with Crippen LogP contribution in [0.25, 0.3) is 0 Å². The van der Waals surface area contributed by atoms with Crippen molar-refractivity contribution in [2.75, 3.05) is 26.8 Å². The summed E-state index contributed by atoms with van der Waals surface area (Å²) in [5, 5.41) is 0. The van der Waals surface area contributed by atoms with Gasteiger partial charge in [0.05, 0.1) is 10.4 Å². The van der Waals surface area contributed by atoms with Crippen molar-refractivity contribution in [1.82, 2.24) is 4.90 Å². The Morgan fingerprint density at radius 2 is 2.15 bits per heavy atom. The molecule has 1 aliphatic heterocycles. The largest absolute Gasteiger partial charge is 0.381 e. The molecule has 0 radical (unpaired) electrons. The minimum Gasteiger partial charge on any atom is -0.381 e. The maximum Gasteiger partial charge on any atom is 0.0931 e. The van der Waals surface area contributed by atoms with Gasteiger partial charge in [-0.1, -0.05) is 18.5 Å². The highest BCUT2D eigenvalue weighted by molar-refractivity contribution is 7.16. The summed E-state index contributed by atoms with van der Waals surface area (Å²) in [4.78, 5) is 3.69. The van der Waals surface area contributed by atoms with Crippen LogP contribution < -0.4 is 5.73 Å². The zero-order chi connectivity index (χ0) is 14.5. The van der Waals surface area contributed by atoms with E-state index < -0.39 is 0 Å². The summed E-state index contributed by atoms with van der Waals surface area (Å²) in [7, 11) is 2.18. The number of nitrogens with two attached hydrogens (primary N) is 1. The smallest absolute Gasteiger partial charge is 0.0931 e. The molecule has 1 aliphatic rings. The van der Waals surface area contributed by atoms with Crippen LogP contribution in [-0.2, 0) is 4.74 Å². The Morgan fingerprint density at radius 1 is 1.45 bits per heavy atom. The monoisotopic (exact) mass is 316 g/mol. The SMILES string of the molecule is CCC(N)C(c1ccc(Cl)s1)N(C)CC1CCOCC1. The summed E-state index contributed by atoms with van der Waals surface area (Å²) in [5.74, 6) is 0.718. The number of thiophene rings is 1. The van der Waals surface area contributed by atoms with Crippen molar-refractivity contribution in [2.24, 2.45) is 11.7 Å². The molecule has 3 nitrogen and oxygen atoms in total. The molecule has 114 valence electrons. The molecule has 0 amide bonds. The van der Waals surface area contributed by atoms with Gasteiger partial charge in [-0.2, -0.15) is 0 Å². The molecule has 1 fully saturated rings. The molecule has 0 saturated carbocycles. The molecular formula is C15H25ClN2OS. The van der Waals surface area contributed by atoms with Crippen LogP contribution in [0.3, 0.4) is 0 Å². The second-order valence-corrected chi connectivity index (χ2v) is 7.40. The normalized spacial score (nSPS) is 20.2. The summed E-state index contributed by atoms with van der Waals surface area (Å²) < 4.78 is 6.28. The van der Waals surface area contributed by atoms with Crippen LogP contribution in [0.1, 0.15) is 37.1 Å². The Labute approximate surface area is 131 Å². The van der Waals surface area contributed by atoms with Crippen LogP contribution >= 0.6 is 22.9 Å². The number of ether oxygens (including phenoxy) is 1. The highest BCUT2D eigenvalue weighted by atomic mass is 35.5. The van der Waals surface area contributed by atoms with Gasteiger partial charge in [0.1, 0.15) is 0 Å². The first-order valence-electron chi connectivity index (χ1n) is 7.40. The van der Waals surface area contributed by atoms with Crippen molar-refractivity contribution in [1.29, 1.82) is 0 Å². The lowest BCUT2D eigenvalue weighted by Gasteiger charge is -2.35. The molecule has 1 aromatic heterocycles. The fourth-order valence-electron chi connectivity index (χ4n) is 2.92. The van der Waals surface area contributed by atoms with E-state index in [1.54, 1.807) is 11.3 Å². The van der Waals surface area contributed by atoms with Gasteiger partial charge in [-0.25, -0.2) is 0 Å². The predicted octanol–water partition coefficient (Wildman–Crippen LogP) is 3.54. The second-order valence-electron chi connectivity index (χ2n) is 5.65. The molecule has 0 aromatic carbocycles. The molecule has 20 heavy (non-hydrogen) atoms. The molecule has 2 heterocycles. The van der Waals surface area contributed by atoms with Crippen LogP contribution in [-0.4, -0.2) is 37.7 Å². The van der Waals surface area contributed by atoms with E-state index in [9.17, 15) is 0 Å². The predicted molar refractivity (Wildman–Crippen MR) is 86.5 cm³/mol. The molecular weight excluding hydrogens is 292 g/mol. The van der Waals surface area contributed by atoms with Crippen LogP contribution in [0.2, 0.25) is 4.34 Å². The van der Waals surface area contributed by atoms with Gasteiger partial charge in [-0.05, 0) is 44.4 Å². The van der Waals surface area contributed by atoms with Crippen LogP contribution in [0.5, 0.6) is 0 Å². The van der Waals surface area contributed by atoms with Crippen LogP contribution in [0, 0.1) is 5.92 Å². The Morgan fingerprint density at radius 3 is 2.70 bits per heavy atom. The summed E-state index contributed by atoms with van der Waals surface area (Å²) in [5.41, 5.74) is 6.36. The zero-order valence-electron chi connectivity index (χ0n) is 12.3. The number of halogens is 1. The van der Waals surface area contributed by atoms with E-state index in [0.717, 1.165) is 49.3 Å². The first kappa shape index (κ1) is 16.2. The minimum atomic E-state index is 0.148. The maximum absolute atomic E-state index is 6.36. The molecule has 2 atom stereocenters. The molecule has 1 aromatic rings. The van der Waals surface area contributed by atoms with E-state index in [-0.39, 0.29) is 12.1 Å². The Hall–Kier alpha value is -0.130. The van der Waals surface area contributed by atoms with Crippen molar-refractivity contribution in [2.45, 2.75) is 38.3 Å². The second kappa shape index (κ2) is 7.76. The lowest BCUT2D eigenvalue weighted by molar-refractivity contribution is 0.0484. The standard InChI is InChI=1S/C15H25ClN2OS/c1-3-12(17)15(13-4-5-14(16)20-13)18(2)10-11-6-8-19-9-7-11/h4-5,11-12,15H,3,6-10,17H2,1-2H3. The number of hydrogen-bond acceptors (Lipinski definition) is 4. The molecule has 0 spiro atoms.